The van der Waals surface area contributed by atoms with Crippen molar-refractivity contribution in [1.82, 2.24) is 14.3 Å². The zero-order valence-corrected chi connectivity index (χ0v) is 16.9. The lowest BCUT2D eigenvalue weighted by Crippen LogP contribution is -2.48. The molecule has 6 nitrogen and oxygen atoms in total. The number of carbonyl (C=O) groups is 1. The number of hydrogen-bond acceptors (Lipinski definition) is 6. The van der Waals surface area contributed by atoms with E-state index >= 15 is 0 Å². The van der Waals surface area contributed by atoms with E-state index in [-0.39, 0.29) is 11.7 Å². The summed E-state index contributed by atoms with van der Waals surface area (Å²) in [5.74, 6) is 1.19. The van der Waals surface area contributed by atoms with Crippen molar-refractivity contribution in [3.8, 4) is 5.75 Å². The molecular formula is C21H21FN4O2S. The van der Waals surface area contributed by atoms with E-state index in [1.165, 1.54) is 35.8 Å². The first kappa shape index (κ1) is 19.3. The van der Waals surface area contributed by atoms with Gasteiger partial charge >= 0.3 is 0 Å². The van der Waals surface area contributed by atoms with Gasteiger partial charge in [-0.05, 0) is 42.0 Å². The number of halogens is 1. The third-order valence-electron chi connectivity index (χ3n) is 4.88. The number of ether oxygens (including phenoxy) is 1. The molecule has 1 saturated heterocycles. The van der Waals surface area contributed by atoms with E-state index in [0.717, 1.165) is 22.3 Å². The van der Waals surface area contributed by atoms with Crippen LogP contribution in [-0.4, -0.2) is 53.5 Å². The second-order valence-corrected chi connectivity index (χ2v) is 7.54. The number of nitrogens with zero attached hydrogens (tertiary/aromatic N) is 4. The Morgan fingerprint density at radius 3 is 2.62 bits per heavy atom. The summed E-state index contributed by atoms with van der Waals surface area (Å²) in [6.45, 7) is 2.59. The quantitative estimate of drug-likeness (QED) is 0.644. The second kappa shape index (κ2) is 8.57. The van der Waals surface area contributed by atoms with Crippen molar-refractivity contribution in [1.29, 1.82) is 0 Å². The summed E-state index contributed by atoms with van der Waals surface area (Å²) in [6.07, 6.45) is 0.650. The van der Waals surface area contributed by atoms with E-state index in [0.29, 0.717) is 38.2 Å². The Kier molecular flexibility index (Phi) is 5.71. The van der Waals surface area contributed by atoms with Crippen LogP contribution in [0.15, 0.2) is 48.5 Å². The van der Waals surface area contributed by atoms with Crippen molar-refractivity contribution in [3.63, 3.8) is 0 Å². The van der Waals surface area contributed by atoms with Crippen LogP contribution in [0.2, 0.25) is 0 Å². The highest BCUT2D eigenvalue weighted by Gasteiger charge is 2.24. The fraction of sp³-hybridized carbons (Fsp3) is 0.286. The van der Waals surface area contributed by atoms with Gasteiger partial charge in [0.25, 0.3) is 5.91 Å². The van der Waals surface area contributed by atoms with Gasteiger partial charge in [0.15, 0.2) is 0 Å². The molecule has 29 heavy (non-hydrogen) atoms. The minimum atomic E-state index is -0.340. The van der Waals surface area contributed by atoms with Gasteiger partial charge in [-0.2, -0.15) is 4.37 Å². The molecule has 4 rings (SSSR count). The third-order valence-corrected chi connectivity index (χ3v) is 5.70. The van der Waals surface area contributed by atoms with Gasteiger partial charge in [-0.15, -0.1) is 0 Å². The van der Waals surface area contributed by atoms with Gasteiger partial charge in [-0.25, -0.2) is 9.37 Å². The SMILES string of the molecule is COc1cccc(Cc2nsc(N3CCN(C(=O)c4ccc(F)cc4)CC3)n2)c1. The standard InChI is InChI=1S/C21H21FN4O2S/c1-28-18-4-2-3-15(13-18)14-19-23-21(29-24-19)26-11-9-25(10-12-26)20(27)16-5-7-17(22)8-6-16/h2-8,13H,9-12,14H2,1H3. The van der Waals surface area contributed by atoms with Crippen LogP contribution in [0.5, 0.6) is 5.75 Å². The summed E-state index contributed by atoms with van der Waals surface area (Å²) >= 11 is 1.38. The van der Waals surface area contributed by atoms with Crippen LogP contribution in [0.3, 0.4) is 0 Å². The van der Waals surface area contributed by atoms with E-state index in [2.05, 4.69) is 14.3 Å². The molecule has 0 atom stereocenters. The van der Waals surface area contributed by atoms with Crippen LogP contribution in [0.4, 0.5) is 9.52 Å². The predicted molar refractivity (Wildman–Crippen MR) is 110 cm³/mol. The molecule has 8 heteroatoms. The molecule has 1 aliphatic heterocycles. The van der Waals surface area contributed by atoms with Gasteiger partial charge in [-0.3, -0.25) is 4.79 Å². The van der Waals surface area contributed by atoms with Crippen LogP contribution in [0, 0.1) is 5.82 Å². The molecular weight excluding hydrogens is 391 g/mol. The molecule has 2 aromatic carbocycles. The van der Waals surface area contributed by atoms with Crippen LogP contribution in [0.25, 0.3) is 0 Å². The zero-order valence-electron chi connectivity index (χ0n) is 16.0. The summed E-state index contributed by atoms with van der Waals surface area (Å²) < 4.78 is 22.8. The Labute approximate surface area is 172 Å². The number of methoxy groups -OCH3 is 1. The Morgan fingerprint density at radius 2 is 1.90 bits per heavy atom. The second-order valence-electron chi connectivity index (χ2n) is 6.81. The highest BCUT2D eigenvalue weighted by molar-refractivity contribution is 7.09. The Balaban J connectivity index is 1.35. The fourth-order valence-corrected chi connectivity index (χ4v) is 4.02. The normalized spacial score (nSPS) is 14.1. The maximum Gasteiger partial charge on any atom is 0.253 e. The van der Waals surface area contributed by atoms with E-state index in [9.17, 15) is 9.18 Å². The minimum Gasteiger partial charge on any atom is -0.497 e. The molecule has 0 bridgehead atoms. The Bertz CT molecular complexity index is 984. The summed E-state index contributed by atoms with van der Waals surface area (Å²) in [4.78, 5) is 21.2. The highest BCUT2D eigenvalue weighted by Crippen LogP contribution is 2.22. The zero-order chi connectivity index (χ0) is 20.2. The monoisotopic (exact) mass is 412 g/mol. The first-order chi connectivity index (χ1) is 14.1. The topological polar surface area (TPSA) is 58.6 Å². The molecule has 0 N–H and O–H groups in total. The average molecular weight is 412 g/mol. The largest absolute Gasteiger partial charge is 0.497 e. The van der Waals surface area contributed by atoms with Crippen molar-refractivity contribution in [3.05, 3.63) is 71.3 Å². The Morgan fingerprint density at radius 1 is 1.14 bits per heavy atom. The third kappa shape index (κ3) is 4.54. The van der Waals surface area contributed by atoms with Gasteiger partial charge in [0.2, 0.25) is 5.13 Å². The number of aromatic nitrogens is 2. The van der Waals surface area contributed by atoms with Crippen LogP contribution >= 0.6 is 11.5 Å². The number of amides is 1. The molecule has 150 valence electrons. The lowest BCUT2D eigenvalue weighted by atomic mass is 10.1. The molecule has 0 saturated carbocycles. The average Bonchev–Trinajstić information content (AvgIpc) is 3.22. The van der Waals surface area contributed by atoms with Crippen LogP contribution < -0.4 is 9.64 Å². The molecule has 3 aromatic rings. The molecule has 0 radical (unpaired) electrons. The van der Waals surface area contributed by atoms with Crippen LogP contribution in [0.1, 0.15) is 21.7 Å². The van der Waals surface area contributed by atoms with Gasteiger partial charge in [0.1, 0.15) is 17.4 Å². The molecule has 1 amide bonds. The van der Waals surface area contributed by atoms with Crippen molar-refractivity contribution >= 4 is 22.6 Å². The lowest BCUT2D eigenvalue weighted by Gasteiger charge is -2.34. The Hall–Kier alpha value is -3.00. The van der Waals surface area contributed by atoms with Crippen molar-refractivity contribution < 1.29 is 13.9 Å². The number of benzene rings is 2. The molecule has 0 unspecified atom stereocenters. The highest BCUT2D eigenvalue weighted by atomic mass is 32.1. The van der Waals surface area contributed by atoms with Crippen molar-refractivity contribution in [2.24, 2.45) is 0 Å². The molecule has 0 spiro atoms. The molecule has 0 aliphatic carbocycles. The molecule has 1 aromatic heterocycles. The summed E-state index contributed by atoms with van der Waals surface area (Å²) in [7, 11) is 1.65. The van der Waals surface area contributed by atoms with Crippen LogP contribution in [-0.2, 0) is 6.42 Å². The van der Waals surface area contributed by atoms with E-state index in [4.69, 9.17) is 4.74 Å². The number of anilines is 1. The molecule has 1 aliphatic rings. The predicted octanol–water partition coefficient (Wildman–Crippen LogP) is 3.24. The van der Waals surface area contributed by atoms with E-state index in [1.807, 2.05) is 24.3 Å². The minimum absolute atomic E-state index is 0.0689. The first-order valence-electron chi connectivity index (χ1n) is 9.37. The number of piperazine rings is 1. The van der Waals surface area contributed by atoms with Gasteiger partial charge in [0, 0.05) is 49.7 Å². The molecule has 2 heterocycles. The summed E-state index contributed by atoms with van der Waals surface area (Å²) in [6, 6.07) is 13.6. The van der Waals surface area contributed by atoms with Crippen molar-refractivity contribution in [2.45, 2.75) is 6.42 Å². The maximum atomic E-state index is 13.1. The van der Waals surface area contributed by atoms with Crippen molar-refractivity contribution in [2.75, 3.05) is 38.2 Å². The number of carbonyl (C=O) groups excluding carboxylic acids is 1. The number of hydrogen-bond donors (Lipinski definition) is 0. The first-order valence-corrected chi connectivity index (χ1v) is 10.1. The van der Waals surface area contributed by atoms with Gasteiger partial charge < -0.3 is 14.5 Å². The van der Waals surface area contributed by atoms with Gasteiger partial charge in [-0.1, -0.05) is 12.1 Å². The summed E-state index contributed by atoms with van der Waals surface area (Å²) in [5.41, 5.74) is 1.61. The molecule has 1 fully saturated rings. The smallest absolute Gasteiger partial charge is 0.253 e. The van der Waals surface area contributed by atoms with Gasteiger partial charge in [0.05, 0.1) is 7.11 Å². The van der Waals surface area contributed by atoms with E-state index < -0.39 is 0 Å². The summed E-state index contributed by atoms with van der Waals surface area (Å²) in [5, 5.41) is 0.872. The number of rotatable bonds is 5. The fourth-order valence-electron chi connectivity index (χ4n) is 3.29. The van der Waals surface area contributed by atoms with E-state index in [1.54, 1.807) is 12.0 Å². The lowest BCUT2D eigenvalue weighted by molar-refractivity contribution is 0.0746. The maximum absolute atomic E-state index is 13.1.